The van der Waals surface area contributed by atoms with E-state index in [0.29, 0.717) is 19.3 Å². The molecule has 1 atom stereocenters. The molecule has 0 N–H and O–H groups in total. The van der Waals surface area contributed by atoms with E-state index in [0.717, 1.165) is 19.3 Å². The molecule has 18 heavy (non-hydrogen) atoms. The van der Waals surface area contributed by atoms with Crippen molar-refractivity contribution >= 4 is 11.8 Å². The molecule has 0 saturated carbocycles. The fraction of sp³-hybridized carbons (Fsp3) is 0.467. The van der Waals surface area contributed by atoms with Gasteiger partial charge >= 0.3 is 0 Å². The predicted molar refractivity (Wildman–Crippen MR) is 67.8 cm³/mol. The topological polar surface area (TPSA) is 37.4 Å². The molecule has 0 bridgehead atoms. The third kappa shape index (κ3) is 1.84. The molecule has 1 aromatic carbocycles. The summed E-state index contributed by atoms with van der Waals surface area (Å²) in [5.74, 6) is 0.0147. The zero-order valence-electron chi connectivity index (χ0n) is 10.4. The Morgan fingerprint density at radius 1 is 0.944 bits per heavy atom. The van der Waals surface area contributed by atoms with Crippen molar-refractivity contribution in [2.45, 2.75) is 44.6 Å². The fourth-order valence-corrected chi connectivity index (χ4v) is 3.11. The Hall–Kier alpha value is -1.64. The van der Waals surface area contributed by atoms with E-state index in [1.807, 2.05) is 12.1 Å². The molecule has 3 rings (SSSR count). The molecule has 3 nitrogen and oxygen atoms in total. The van der Waals surface area contributed by atoms with Crippen LogP contribution in [0.5, 0.6) is 0 Å². The minimum absolute atomic E-state index is 0.00736. The van der Waals surface area contributed by atoms with E-state index < -0.39 is 0 Å². The highest BCUT2D eigenvalue weighted by molar-refractivity contribution is 5.98. The van der Waals surface area contributed by atoms with E-state index in [2.05, 4.69) is 12.1 Å². The first-order valence-electron chi connectivity index (χ1n) is 6.70. The van der Waals surface area contributed by atoms with E-state index in [1.54, 1.807) is 0 Å². The van der Waals surface area contributed by atoms with Gasteiger partial charge in [-0.1, -0.05) is 24.3 Å². The van der Waals surface area contributed by atoms with Crippen LogP contribution in [0.1, 0.15) is 49.3 Å². The first-order chi connectivity index (χ1) is 8.77. The van der Waals surface area contributed by atoms with Crippen molar-refractivity contribution in [3.05, 3.63) is 35.4 Å². The van der Waals surface area contributed by atoms with Gasteiger partial charge in [-0.25, -0.2) is 0 Å². The van der Waals surface area contributed by atoms with Crippen LogP contribution < -0.4 is 0 Å². The Morgan fingerprint density at radius 2 is 1.67 bits per heavy atom. The summed E-state index contributed by atoms with van der Waals surface area (Å²) in [5, 5.41) is 0. The average molecular weight is 243 g/mol. The normalized spacial score (nSPS) is 24.0. The minimum atomic E-state index is -0.0183. The molecule has 1 fully saturated rings. The molecule has 0 spiro atoms. The molecule has 2 amide bonds. The largest absolute Gasteiger partial charge is 0.275 e. The monoisotopic (exact) mass is 243 g/mol. The second kappa shape index (κ2) is 4.56. The van der Waals surface area contributed by atoms with E-state index in [1.165, 1.54) is 16.0 Å². The van der Waals surface area contributed by atoms with Gasteiger partial charge in [0.25, 0.3) is 0 Å². The second-order valence-corrected chi connectivity index (χ2v) is 5.12. The number of piperidine rings is 1. The van der Waals surface area contributed by atoms with Gasteiger partial charge in [0.05, 0.1) is 6.04 Å². The second-order valence-electron chi connectivity index (χ2n) is 5.12. The highest BCUT2D eigenvalue weighted by Gasteiger charge is 2.35. The van der Waals surface area contributed by atoms with Gasteiger partial charge in [-0.2, -0.15) is 0 Å². The molecule has 3 heteroatoms. The molecule has 94 valence electrons. The Labute approximate surface area is 107 Å². The highest BCUT2D eigenvalue weighted by Crippen LogP contribution is 2.36. The van der Waals surface area contributed by atoms with Crippen LogP contribution in [0.4, 0.5) is 0 Å². The molecule has 1 aliphatic heterocycles. The molecule has 1 heterocycles. The van der Waals surface area contributed by atoms with Crippen LogP contribution in [-0.2, 0) is 16.0 Å². The first kappa shape index (κ1) is 11.5. The first-order valence-corrected chi connectivity index (χ1v) is 6.70. The number of rotatable bonds is 1. The molecule has 1 saturated heterocycles. The number of carbonyl (C=O) groups excluding carboxylic acids is 2. The number of amides is 2. The lowest BCUT2D eigenvalue weighted by atomic mass is 9.86. The van der Waals surface area contributed by atoms with Crippen LogP contribution in [0.3, 0.4) is 0 Å². The number of nitrogens with zero attached hydrogens (tertiary/aromatic N) is 1. The van der Waals surface area contributed by atoms with Gasteiger partial charge in [0.1, 0.15) is 0 Å². The lowest BCUT2D eigenvalue weighted by molar-refractivity contribution is -0.151. The number of hydrogen-bond acceptors (Lipinski definition) is 2. The summed E-state index contributed by atoms with van der Waals surface area (Å²) in [6, 6.07) is 8.18. The maximum absolute atomic E-state index is 12.0. The van der Waals surface area contributed by atoms with Crippen LogP contribution in [0, 0.1) is 0 Å². The summed E-state index contributed by atoms with van der Waals surface area (Å²) in [7, 11) is 0. The number of aryl methyl sites for hydroxylation is 1. The lowest BCUT2D eigenvalue weighted by Crippen LogP contribution is -2.43. The van der Waals surface area contributed by atoms with Crippen molar-refractivity contribution in [2.24, 2.45) is 0 Å². The van der Waals surface area contributed by atoms with Crippen molar-refractivity contribution in [3.63, 3.8) is 0 Å². The zero-order valence-corrected chi connectivity index (χ0v) is 10.4. The van der Waals surface area contributed by atoms with Crippen LogP contribution in [0.25, 0.3) is 0 Å². The van der Waals surface area contributed by atoms with Crippen LogP contribution in [0.2, 0.25) is 0 Å². The van der Waals surface area contributed by atoms with Gasteiger partial charge in [0.2, 0.25) is 11.8 Å². The Morgan fingerprint density at radius 3 is 2.44 bits per heavy atom. The lowest BCUT2D eigenvalue weighted by Gasteiger charge is -2.36. The summed E-state index contributed by atoms with van der Waals surface area (Å²) in [4.78, 5) is 25.6. The van der Waals surface area contributed by atoms with Crippen LogP contribution in [-0.4, -0.2) is 16.7 Å². The number of imide groups is 1. The third-order valence-electron chi connectivity index (χ3n) is 3.97. The van der Waals surface area contributed by atoms with E-state index in [4.69, 9.17) is 0 Å². The average Bonchev–Trinajstić information content (AvgIpc) is 2.39. The summed E-state index contributed by atoms with van der Waals surface area (Å²) in [6.07, 6.45) is 4.77. The molecular weight excluding hydrogens is 226 g/mol. The van der Waals surface area contributed by atoms with E-state index in [9.17, 15) is 9.59 Å². The maximum atomic E-state index is 12.0. The summed E-state index contributed by atoms with van der Waals surface area (Å²) >= 11 is 0. The molecule has 0 aromatic heterocycles. The molecule has 0 radical (unpaired) electrons. The smallest absolute Gasteiger partial charge is 0.229 e. The van der Waals surface area contributed by atoms with Gasteiger partial charge in [-0.15, -0.1) is 0 Å². The summed E-state index contributed by atoms with van der Waals surface area (Å²) in [5.41, 5.74) is 2.47. The van der Waals surface area contributed by atoms with Crippen molar-refractivity contribution in [1.29, 1.82) is 0 Å². The molecular formula is C15H17NO2. The van der Waals surface area contributed by atoms with Gasteiger partial charge in [-0.3, -0.25) is 14.5 Å². The van der Waals surface area contributed by atoms with Crippen molar-refractivity contribution in [3.8, 4) is 0 Å². The zero-order chi connectivity index (χ0) is 12.5. The number of likely N-dealkylation sites (tertiary alicyclic amines) is 1. The Kier molecular flexibility index (Phi) is 2.90. The van der Waals surface area contributed by atoms with Gasteiger partial charge in [0, 0.05) is 12.8 Å². The van der Waals surface area contributed by atoms with Gasteiger partial charge in [-0.05, 0) is 36.8 Å². The summed E-state index contributed by atoms with van der Waals surface area (Å²) in [6.45, 7) is 0. The predicted octanol–water partition coefficient (Wildman–Crippen LogP) is 2.60. The van der Waals surface area contributed by atoms with Crippen molar-refractivity contribution in [2.75, 3.05) is 0 Å². The quantitative estimate of drug-likeness (QED) is 0.711. The standard InChI is InChI=1S/C15H17NO2/c17-14-9-4-10-15(18)16(14)13-8-3-6-11-5-1-2-7-12(11)13/h1-2,5,7,13H,3-4,6,8-10H2. The van der Waals surface area contributed by atoms with Gasteiger partial charge in [0.15, 0.2) is 0 Å². The van der Waals surface area contributed by atoms with Gasteiger partial charge < -0.3 is 0 Å². The Bertz CT molecular complexity index is 479. The number of carbonyl (C=O) groups is 2. The molecule has 1 aromatic rings. The number of hydrogen-bond donors (Lipinski definition) is 0. The third-order valence-corrected chi connectivity index (χ3v) is 3.97. The highest BCUT2D eigenvalue weighted by atomic mass is 16.2. The van der Waals surface area contributed by atoms with Crippen LogP contribution in [0.15, 0.2) is 24.3 Å². The molecule has 1 unspecified atom stereocenters. The fourth-order valence-electron chi connectivity index (χ4n) is 3.11. The maximum Gasteiger partial charge on any atom is 0.229 e. The van der Waals surface area contributed by atoms with Crippen LogP contribution >= 0.6 is 0 Å². The SMILES string of the molecule is O=C1CCCC(=O)N1C1CCCc2ccccc21. The van der Waals surface area contributed by atoms with E-state index >= 15 is 0 Å². The van der Waals surface area contributed by atoms with Crippen molar-refractivity contribution in [1.82, 2.24) is 4.90 Å². The number of benzene rings is 1. The summed E-state index contributed by atoms with van der Waals surface area (Å²) < 4.78 is 0. The minimum Gasteiger partial charge on any atom is -0.275 e. The number of fused-ring (bicyclic) bond motifs is 1. The molecule has 1 aliphatic carbocycles. The molecule has 2 aliphatic rings. The van der Waals surface area contributed by atoms with Crippen molar-refractivity contribution < 1.29 is 9.59 Å². The van der Waals surface area contributed by atoms with E-state index in [-0.39, 0.29) is 17.9 Å². The Balaban J connectivity index is 1.97.